The summed E-state index contributed by atoms with van der Waals surface area (Å²) in [5.74, 6) is 0.572. The maximum absolute atomic E-state index is 14.6. The van der Waals surface area contributed by atoms with Crippen LogP contribution in [0.1, 0.15) is 5.82 Å². The maximum Gasteiger partial charge on any atom is 0.149 e. The van der Waals surface area contributed by atoms with E-state index in [1.807, 2.05) is 41.0 Å². The van der Waals surface area contributed by atoms with Crippen molar-refractivity contribution in [3.8, 4) is 5.69 Å². The van der Waals surface area contributed by atoms with Gasteiger partial charge in [0.2, 0.25) is 0 Å². The van der Waals surface area contributed by atoms with Crippen LogP contribution in [-0.4, -0.2) is 65.8 Å². The van der Waals surface area contributed by atoms with Crippen molar-refractivity contribution < 1.29 is 9.13 Å². The molecule has 4 rings (SSSR count). The number of morpholine rings is 1. The summed E-state index contributed by atoms with van der Waals surface area (Å²) < 4.78 is 22.4. The zero-order valence-corrected chi connectivity index (χ0v) is 15.8. The van der Waals surface area contributed by atoms with E-state index in [0.29, 0.717) is 17.6 Å². The number of ether oxygens (including phenoxy) is 1. The Kier molecular flexibility index (Phi) is 5.20. The number of rotatable bonds is 5. The fourth-order valence-corrected chi connectivity index (χ4v) is 3.73. The Hall–Kier alpha value is -2.28. The Balaban J connectivity index is 1.64. The van der Waals surface area contributed by atoms with Crippen LogP contribution >= 0.6 is 0 Å². The van der Waals surface area contributed by atoms with Gasteiger partial charge in [-0.3, -0.25) is 9.47 Å². The van der Waals surface area contributed by atoms with E-state index >= 15 is 0 Å². The normalized spacial score (nSPS) is 18.4. The van der Waals surface area contributed by atoms with Gasteiger partial charge in [0.05, 0.1) is 24.8 Å². The summed E-state index contributed by atoms with van der Waals surface area (Å²) in [6.45, 7) is 4.09. The average molecular weight is 368 g/mol. The standard InChI is InChI=1S/C21H25FN4O/c1-24-11-12-27-17(13-24)14-25(2)15-20-23-19-10-6-9-18(22)21(19)26(20)16-7-4-3-5-8-16/h3-10,17H,11-15H2,1-2H3. The molecule has 27 heavy (non-hydrogen) atoms. The van der Waals surface area contributed by atoms with Crippen LogP contribution in [0.3, 0.4) is 0 Å². The topological polar surface area (TPSA) is 33.5 Å². The number of halogens is 1. The number of fused-ring (bicyclic) bond motifs is 1. The summed E-state index contributed by atoms with van der Waals surface area (Å²) >= 11 is 0. The Labute approximate surface area is 159 Å². The van der Waals surface area contributed by atoms with Gasteiger partial charge in [-0.2, -0.15) is 0 Å². The molecule has 0 radical (unpaired) electrons. The van der Waals surface area contributed by atoms with Crippen molar-refractivity contribution in [2.45, 2.75) is 12.6 Å². The van der Waals surface area contributed by atoms with Gasteiger partial charge in [0, 0.05) is 25.3 Å². The van der Waals surface area contributed by atoms with Crippen molar-refractivity contribution in [1.29, 1.82) is 0 Å². The molecular formula is C21H25FN4O. The highest BCUT2D eigenvalue weighted by Crippen LogP contribution is 2.24. The highest BCUT2D eigenvalue weighted by atomic mass is 19.1. The molecule has 0 amide bonds. The van der Waals surface area contributed by atoms with Crippen LogP contribution in [0, 0.1) is 5.82 Å². The van der Waals surface area contributed by atoms with E-state index in [2.05, 4.69) is 23.9 Å². The second kappa shape index (κ2) is 7.76. The Morgan fingerprint density at radius 1 is 1.19 bits per heavy atom. The molecule has 0 spiro atoms. The molecule has 1 atom stereocenters. The van der Waals surface area contributed by atoms with Crippen LogP contribution in [-0.2, 0) is 11.3 Å². The third kappa shape index (κ3) is 3.88. The summed E-state index contributed by atoms with van der Waals surface area (Å²) in [7, 11) is 4.18. The molecule has 1 unspecified atom stereocenters. The zero-order chi connectivity index (χ0) is 18.8. The highest BCUT2D eigenvalue weighted by molar-refractivity contribution is 5.79. The smallest absolute Gasteiger partial charge is 0.149 e. The van der Waals surface area contributed by atoms with Crippen LogP contribution in [0.25, 0.3) is 16.7 Å². The molecule has 1 aromatic heterocycles. The maximum atomic E-state index is 14.6. The van der Waals surface area contributed by atoms with Gasteiger partial charge < -0.3 is 9.64 Å². The van der Waals surface area contributed by atoms with E-state index in [1.165, 1.54) is 6.07 Å². The van der Waals surface area contributed by atoms with Crippen molar-refractivity contribution >= 4 is 11.0 Å². The van der Waals surface area contributed by atoms with Gasteiger partial charge in [0.1, 0.15) is 17.2 Å². The minimum atomic E-state index is -0.255. The molecule has 0 saturated carbocycles. The van der Waals surface area contributed by atoms with Gasteiger partial charge in [-0.25, -0.2) is 9.37 Å². The highest BCUT2D eigenvalue weighted by Gasteiger charge is 2.21. The molecule has 2 aromatic carbocycles. The van der Waals surface area contributed by atoms with Crippen molar-refractivity contribution in [3.63, 3.8) is 0 Å². The number of likely N-dealkylation sites (N-methyl/N-ethyl adjacent to an activating group) is 2. The number of hydrogen-bond acceptors (Lipinski definition) is 4. The third-order valence-electron chi connectivity index (χ3n) is 4.98. The van der Waals surface area contributed by atoms with E-state index in [-0.39, 0.29) is 11.9 Å². The Morgan fingerprint density at radius 3 is 2.78 bits per heavy atom. The van der Waals surface area contributed by atoms with E-state index < -0.39 is 0 Å². The molecular weight excluding hydrogens is 343 g/mol. The summed E-state index contributed by atoms with van der Waals surface area (Å²) in [4.78, 5) is 9.21. The lowest BCUT2D eigenvalue weighted by Crippen LogP contribution is -2.45. The molecule has 142 valence electrons. The number of nitrogens with zero attached hydrogens (tertiary/aromatic N) is 4. The van der Waals surface area contributed by atoms with Crippen molar-refractivity contribution in [1.82, 2.24) is 19.4 Å². The third-order valence-corrected chi connectivity index (χ3v) is 4.98. The summed E-state index contributed by atoms with van der Waals surface area (Å²) in [5, 5.41) is 0. The fourth-order valence-electron chi connectivity index (χ4n) is 3.73. The zero-order valence-electron chi connectivity index (χ0n) is 15.8. The monoisotopic (exact) mass is 368 g/mol. The SMILES string of the molecule is CN1CCOC(CN(C)Cc2nc3cccc(F)c3n2-c2ccccc2)C1. The molecule has 2 heterocycles. The van der Waals surface area contributed by atoms with Crippen LogP contribution in [0.2, 0.25) is 0 Å². The van der Waals surface area contributed by atoms with E-state index in [4.69, 9.17) is 9.72 Å². The molecule has 0 N–H and O–H groups in total. The molecule has 1 aliphatic heterocycles. The molecule has 1 aliphatic rings. The van der Waals surface area contributed by atoms with Crippen molar-refractivity contribution in [3.05, 3.63) is 60.2 Å². The van der Waals surface area contributed by atoms with Crippen molar-refractivity contribution in [2.75, 3.05) is 40.3 Å². The first kappa shape index (κ1) is 18.1. The number of hydrogen-bond donors (Lipinski definition) is 0. The largest absolute Gasteiger partial charge is 0.374 e. The lowest BCUT2D eigenvalue weighted by Gasteiger charge is -2.32. The van der Waals surface area contributed by atoms with Crippen LogP contribution in [0.4, 0.5) is 4.39 Å². The van der Waals surface area contributed by atoms with E-state index in [9.17, 15) is 4.39 Å². The van der Waals surface area contributed by atoms with Gasteiger partial charge in [-0.1, -0.05) is 24.3 Å². The first-order valence-electron chi connectivity index (χ1n) is 9.32. The van der Waals surface area contributed by atoms with Crippen LogP contribution in [0.15, 0.2) is 48.5 Å². The molecule has 1 saturated heterocycles. The quantitative estimate of drug-likeness (QED) is 0.693. The van der Waals surface area contributed by atoms with Crippen LogP contribution < -0.4 is 0 Å². The first-order chi connectivity index (χ1) is 13.1. The second-order valence-electron chi connectivity index (χ2n) is 7.26. The van der Waals surface area contributed by atoms with E-state index in [0.717, 1.165) is 37.8 Å². The van der Waals surface area contributed by atoms with Gasteiger partial charge in [0.25, 0.3) is 0 Å². The summed E-state index contributed by atoms with van der Waals surface area (Å²) in [5.41, 5.74) is 2.12. The molecule has 6 heteroatoms. The van der Waals surface area contributed by atoms with Gasteiger partial charge in [-0.05, 0) is 38.4 Å². The molecule has 5 nitrogen and oxygen atoms in total. The number of aromatic nitrogens is 2. The Morgan fingerprint density at radius 2 is 2.00 bits per heavy atom. The minimum absolute atomic E-state index is 0.181. The molecule has 1 fully saturated rings. The number of benzene rings is 2. The first-order valence-corrected chi connectivity index (χ1v) is 9.32. The second-order valence-corrected chi connectivity index (χ2v) is 7.26. The van der Waals surface area contributed by atoms with Crippen LogP contribution in [0.5, 0.6) is 0 Å². The van der Waals surface area contributed by atoms with Gasteiger partial charge >= 0.3 is 0 Å². The molecule has 0 aliphatic carbocycles. The predicted molar refractivity (Wildman–Crippen MR) is 105 cm³/mol. The number of imidazole rings is 1. The molecule has 3 aromatic rings. The summed E-state index contributed by atoms with van der Waals surface area (Å²) in [6.07, 6.45) is 0.181. The van der Waals surface area contributed by atoms with E-state index in [1.54, 1.807) is 6.07 Å². The van der Waals surface area contributed by atoms with Crippen molar-refractivity contribution in [2.24, 2.45) is 0 Å². The lowest BCUT2D eigenvalue weighted by atomic mass is 10.2. The Bertz CT molecular complexity index is 911. The average Bonchev–Trinajstić information content (AvgIpc) is 3.01. The minimum Gasteiger partial charge on any atom is -0.374 e. The predicted octanol–water partition coefficient (Wildman–Crippen LogP) is 2.93. The summed E-state index contributed by atoms with van der Waals surface area (Å²) in [6, 6.07) is 14.9. The number of para-hydroxylation sites is 2. The molecule has 0 bridgehead atoms. The van der Waals surface area contributed by atoms with Gasteiger partial charge in [-0.15, -0.1) is 0 Å². The fraction of sp³-hybridized carbons (Fsp3) is 0.381. The van der Waals surface area contributed by atoms with Gasteiger partial charge in [0.15, 0.2) is 0 Å². The lowest BCUT2D eigenvalue weighted by molar-refractivity contribution is -0.0336.